The lowest BCUT2D eigenvalue weighted by molar-refractivity contribution is -0.139. The summed E-state index contributed by atoms with van der Waals surface area (Å²) in [6, 6.07) is 29.3. The number of aryl methyl sites for hydroxylation is 1. The number of aliphatic carboxylic acids is 1. The molecule has 0 amide bonds. The smallest absolute Gasteiger partial charge is 0.341 e. The minimum absolute atomic E-state index is 0.00812. The molecule has 0 aliphatic carbocycles. The van der Waals surface area contributed by atoms with E-state index in [1.807, 2.05) is 37.3 Å². The molecule has 5 heteroatoms. The van der Waals surface area contributed by atoms with Gasteiger partial charge in [0, 0.05) is 24.1 Å². The Bertz CT molecular complexity index is 1380. The SMILES string of the molecule is Cc1cc(OCC(=O)O)cc(C2CC(CNC(C)c3cccc4ccccc34)Oc3ccccc32)c1. The van der Waals surface area contributed by atoms with Crippen molar-refractivity contribution in [3.05, 3.63) is 107 Å². The number of ether oxygens (including phenoxy) is 2. The molecule has 3 atom stereocenters. The molecule has 0 spiro atoms. The van der Waals surface area contributed by atoms with Crippen LogP contribution in [0.5, 0.6) is 11.5 Å². The fourth-order valence-electron chi connectivity index (χ4n) is 5.19. The van der Waals surface area contributed by atoms with Gasteiger partial charge < -0.3 is 19.9 Å². The predicted octanol–water partition coefficient (Wildman–Crippen LogP) is 6.25. The van der Waals surface area contributed by atoms with Crippen molar-refractivity contribution in [2.24, 2.45) is 0 Å². The van der Waals surface area contributed by atoms with Gasteiger partial charge in [0.1, 0.15) is 17.6 Å². The molecule has 0 bridgehead atoms. The van der Waals surface area contributed by atoms with Crippen LogP contribution >= 0.6 is 0 Å². The van der Waals surface area contributed by atoms with Gasteiger partial charge in [-0.25, -0.2) is 4.79 Å². The van der Waals surface area contributed by atoms with Gasteiger partial charge in [0.2, 0.25) is 0 Å². The highest BCUT2D eigenvalue weighted by Crippen LogP contribution is 2.41. The maximum atomic E-state index is 11.0. The molecule has 5 rings (SSSR count). The Labute approximate surface area is 211 Å². The number of benzene rings is 4. The van der Waals surface area contributed by atoms with Gasteiger partial charge in [-0.2, -0.15) is 0 Å². The summed E-state index contributed by atoms with van der Waals surface area (Å²) in [7, 11) is 0. The van der Waals surface area contributed by atoms with Crippen LogP contribution in [0, 0.1) is 6.92 Å². The van der Waals surface area contributed by atoms with Gasteiger partial charge in [0.25, 0.3) is 0 Å². The highest BCUT2D eigenvalue weighted by molar-refractivity contribution is 5.86. The number of carboxylic acid groups (broad SMARTS) is 1. The second-order valence-electron chi connectivity index (χ2n) is 9.53. The zero-order valence-electron chi connectivity index (χ0n) is 20.6. The Morgan fingerprint density at radius 1 is 1.06 bits per heavy atom. The lowest BCUT2D eigenvalue weighted by Gasteiger charge is -2.33. The van der Waals surface area contributed by atoms with E-state index in [1.54, 1.807) is 0 Å². The molecule has 3 unspecified atom stereocenters. The van der Waals surface area contributed by atoms with E-state index >= 15 is 0 Å². The number of carbonyl (C=O) groups is 1. The number of nitrogens with one attached hydrogen (secondary N) is 1. The van der Waals surface area contributed by atoms with Crippen LogP contribution in [0.25, 0.3) is 10.8 Å². The lowest BCUT2D eigenvalue weighted by atomic mass is 9.83. The first-order chi connectivity index (χ1) is 17.5. The summed E-state index contributed by atoms with van der Waals surface area (Å²) in [6.45, 7) is 4.56. The summed E-state index contributed by atoms with van der Waals surface area (Å²) in [5, 5.41) is 15.2. The normalized spacial score (nSPS) is 17.7. The molecule has 5 nitrogen and oxygen atoms in total. The third-order valence-electron chi connectivity index (χ3n) is 6.87. The molecule has 1 aliphatic heterocycles. The van der Waals surface area contributed by atoms with E-state index in [2.05, 4.69) is 66.8 Å². The number of carboxylic acids is 1. The molecule has 0 radical (unpaired) electrons. The van der Waals surface area contributed by atoms with Crippen LogP contribution in [0.3, 0.4) is 0 Å². The number of rotatable bonds is 8. The largest absolute Gasteiger partial charge is 0.489 e. The highest BCUT2D eigenvalue weighted by Gasteiger charge is 2.30. The maximum absolute atomic E-state index is 11.0. The Balaban J connectivity index is 1.37. The monoisotopic (exact) mass is 481 g/mol. The Morgan fingerprint density at radius 2 is 1.83 bits per heavy atom. The van der Waals surface area contributed by atoms with Crippen molar-refractivity contribution < 1.29 is 19.4 Å². The topological polar surface area (TPSA) is 67.8 Å². The van der Waals surface area contributed by atoms with Crippen LogP contribution in [-0.4, -0.2) is 30.3 Å². The van der Waals surface area contributed by atoms with Gasteiger partial charge in [-0.3, -0.25) is 0 Å². The molecule has 0 saturated carbocycles. The standard InChI is InChI=1S/C31H31NO4/c1-20-14-23(16-24(15-20)35-19-31(33)34)29-17-25(36-30-13-6-5-11-28(29)30)18-32-21(2)26-12-7-9-22-8-3-4-10-27(22)26/h3-16,21,25,29,32H,17-19H2,1-2H3,(H,33,34). The van der Waals surface area contributed by atoms with Crippen LogP contribution in [0.1, 0.15) is 47.6 Å². The van der Waals surface area contributed by atoms with E-state index in [4.69, 9.17) is 14.6 Å². The average Bonchev–Trinajstić information content (AvgIpc) is 2.89. The van der Waals surface area contributed by atoms with Gasteiger partial charge in [-0.05, 0) is 65.9 Å². The minimum atomic E-state index is -0.985. The molecule has 184 valence electrons. The van der Waals surface area contributed by atoms with E-state index in [0.29, 0.717) is 12.3 Å². The second-order valence-corrected chi connectivity index (χ2v) is 9.53. The van der Waals surface area contributed by atoms with Gasteiger partial charge >= 0.3 is 5.97 Å². The van der Waals surface area contributed by atoms with Gasteiger partial charge in [-0.1, -0.05) is 66.7 Å². The molecule has 4 aromatic carbocycles. The number of hydrogen-bond donors (Lipinski definition) is 2. The van der Waals surface area contributed by atoms with Crippen molar-refractivity contribution in [2.45, 2.75) is 38.3 Å². The fraction of sp³-hybridized carbons (Fsp3) is 0.258. The molecule has 0 aromatic heterocycles. The van der Waals surface area contributed by atoms with Crippen molar-refractivity contribution in [3.8, 4) is 11.5 Å². The van der Waals surface area contributed by atoms with Crippen molar-refractivity contribution in [3.63, 3.8) is 0 Å². The fourth-order valence-corrected chi connectivity index (χ4v) is 5.19. The number of fused-ring (bicyclic) bond motifs is 2. The molecule has 1 aliphatic rings. The zero-order chi connectivity index (χ0) is 25.1. The van der Waals surface area contributed by atoms with E-state index in [1.165, 1.54) is 16.3 Å². The van der Waals surface area contributed by atoms with E-state index in [-0.39, 0.29) is 24.7 Å². The van der Waals surface area contributed by atoms with Crippen LogP contribution in [0.15, 0.2) is 84.9 Å². The predicted molar refractivity (Wildman–Crippen MR) is 142 cm³/mol. The van der Waals surface area contributed by atoms with Crippen molar-refractivity contribution >= 4 is 16.7 Å². The van der Waals surface area contributed by atoms with Crippen molar-refractivity contribution in [1.82, 2.24) is 5.32 Å². The summed E-state index contributed by atoms with van der Waals surface area (Å²) in [5.74, 6) is 0.617. The average molecular weight is 482 g/mol. The molecule has 2 N–H and O–H groups in total. The molecule has 1 heterocycles. The van der Waals surface area contributed by atoms with Crippen LogP contribution in [0.4, 0.5) is 0 Å². The number of hydrogen-bond acceptors (Lipinski definition) is 4. The first kappa shape index (κ1) is 23.9. The first-order valence-electron chi connectivity index (χ1n) is 12.4. The molecular weight excluding hydrogens is 450 g/mol. The third kappa shape index (κ3) is 5.21. The summed E-state index contributed by atoms with van der Waals surface area (Å²) in [5.41, 5.74) is 4.57. The molecule has 0 saturated heterocycles. The van der Waals surface area contributed by atoms with E-state index in [0.717, 1.165) is 28.9 Å². The quantitative estimate of drug-likeness (QED) is 0.312. The summed E-state index contributed by atoms with van der Waals surface area (Å²) in [4.78, 5) is 11.0. The van der Waals surface area contributed by atoms with Crippen LogP contribution in [-0.2, 0) is 4.79 Å². The minimum Gasteiger partial charge on any atom is -0.489 e. The lowest BCUT2D eigenvalue weighted by Crippen LogP contribution is -2.37. The number of para-hydroxylation sites is 1. The molecule has 4 aromatic rings. The van der Waals surface area contributed by atoms with Gasteiger partial charge in [0.05, 0.1) is 0 Å². The summed E-state index contributed by atoms with van der Waals surface area (Å²) >= 11 is 0. The molecule has 36 heavy (non-hydrogen) atoms. The Kier molecular flexibility index (Phi) is 6.92. The van der Waals surface area contributed by atoms with Gasteiger partial charge in [-0.15, -0.1) is 0 Å². The van der Waals surface area contributed by atoms with Gasteiger partial charge in [0.15, 0.2) is 6.61 Å². The molecular formula is C31H31NO4. The highest BCUT2D eigenvalue weighted by atomic mass is 16.5. The van der Waals surface area contributed by atoms with Crippen molar-refractivity contribution in [1.29, 1.82) is 0 Å². The van der Waals surface area contributed by atoms with Crippen LogP contribution in [0.2, 0.25) is 0 Å². The van der Waals surface area contributed by atoms with Crippen molar-refractivity contribution in [2.75, 3.05) is 13.2 Å². The maximum Gasteiger partial charge on any atom is 0.341 e. The van der Waals surface area contributed by atoms with Crippen LogP contribution < -0.4 is 14.8 Å². The third-order valence-corrected chi connectivity index (χ3v) is 6.87. The van der Waals surface area contributed by atoms with E-state index < -0.39 is 5.97 Å². The summed E-state index contributed by atoms with van der Waals surface area (Å²) in [6.07, 6.45) is 0.805. The Hall–Kier alpha value is -3.83. The van der Waals surface area contributed by atoms with E-state index in [9.17, 15) is 4.79 Å². The first-order valence-corrected chi connectivity index (χ1v) is 12.4. The Morgan fingerprint density at radius 3 is 2.69 bits per heavy atom. The molecule has 0 fully saturated rings. The second kappa shape index (κ2) is 10.4. The summed E-state index contributed by atoms with van der Waals surface area (Å²) < 4.78 is 11.9. The zero-order valence-corrected chi connectivity index (χ0v) is 20.6.